The first-order valence-corrected chi connectivity index (χ1v) is 7.79. The SMILES string of the molecule is FC1(F)C(F)(F)C(F)(F)C(F)(Nc2c(Br)cccc2Br)C(F)(F)C1(F)F. The molecule has 1 fully saturated rings. The maximum atomic E-state index is 14.6. The van der Waals surface area contributed by atoms with E-state index in [0.717, 1.165) is 18.2 Å². The van der Waals surface area contributed by atoms with Crippen molar-refractivity contribution in [1.82, 2.24) is 0 Å². The van der Waals surface area contributed by atoms with Crippen molar-refractivity contribution in [2.24, 2.45) is 0 Å². The molecule has 0 heterocycles. The Morgan fingerprint density at radius 2 is 0.885 bits per heavy atom. The van der Waals surface area contributed by atoms with Crippen molar-refractivity contribution in [3.05, 3.63) is 27.1 Å². The minimum atomic E-state index is -7.24. The van der Waals surface area contributed by atoms with Gasteiger partial charge in [0.1, 0.15) is 0 Å². The van der Waals surface area contributed by atoms with E-state index in [1.54, 1.807) is 0 Å². The summed E-state index contributed by atoms with van der Waals surface area (Å²) in [4.78, 5) is 0. The molecule has 1 aliphatic carbocycles. The predicted molar refractivity (Wildman–Crippen MR) is 74.0 cm³/mol. The lowest BCUT2D eigenvalue weighted by molar-refractivity contribution is -0.480. The highest BCUT2D eigenvalue weighted by atomic mass is 79.9. The van der Waals surface area contributed by atoms with E-state index < -0.39 is 50.0 Å². The van der Waals surface area contributed by atoms with E-state index in [1.807, 2.05) is 0 Å². The lowest BCUT2D eigenvalue weighted by Gasteiger charge is -2.52. The van der Waals surface area contributed by atoms with Crippen LogP contribution in [-0.2, 0) is 0 Å². The topological polar surface area (TPSA) is 12.0 Å². The van der Waals surface area contributed by atoms with Crippen molar-refractivity contribution in [3.63, 3.8) is 0 Å². The molecule has 14 heteroatoms. The molecule has 0 aliphatic heterocycles. The first kappa shape index (κ1) is 21.5. The molecule has 0 saturated heterocycles. The molecule has 0 unspecified atom stereocenters. The summed E-state index contributed by atoms with van der Waals surface area (Å²) >= 11 is 5.16. The molecule has 1 nitrogen and oxygen atoms in total. The molecule has 2 rings (SSSR count). The van der Waals surface area contributed by atoms with Crippen LogP contribution in [0, 0.1) is 0 Å². The molecule has 0 radical (unpaired) electrons. The minimum absolute atomic E-state index is 0.487. The molecule has 0 bridgehead atoms. The van der Waals surface area contributed by atoms with E-state index in [9.17, 15) is 48.3 Å². The van der Waals surface area contributed by atoms with Crippen LogP contribution in [0.1, 0.15) is 0 Å². The summed E-state index contributed by atoms with van der Waals surface area (Å²) in [5, 5.41) is 0.570. The van der Waals surface area contributed by atoms with E-state index >= 15 is 0 Å². The Morgan fingerprint density at radius 3 is 1.23 bits per heavy atom. The third-order valence-electron chi connectivity index (χ3n) is 3.70. The average Bonchev–Trinajstić information content (AvgIpc) is 2.48. The third kappa shape index (κ3) is 2.20. The van der Waals surface area contributed by atoms with Crippen LogP contribution in [0.3, 0.4) is 0 Å². The number of alkyl halides is 11. The smallest absolute Gasteiger partial charge is 0.341 e. The Bertz CT molecular complexity index is 684. The van der Waals surface area contributed by atoms with Crippen molar-refractivity contribution in [1.29, 1.82) is 0 Å². The quantitative estimate of drug-likeness (QED) is 0.341. The Labute approximate surface area is 154 Å². The number of para-hydroxylation sites is 1. The normalized spacial score (nSPS) is 27.0. The molecule has 1 aliphatic rings. The number of halogens is 13. The Hall–Kier alpha value is -0.790. The van der Waals surface area contributed by atoms with Crippen molar-refractivity contribution in [3.8, 4) is 0 Å². The van der Waals surface area contributed by atoms with Gasteiger partial charge < -0.3 is 5.32 Å². The van der Waals surface area contributed by atoms with Gasteiger partial charge >= 0.3 is 35.4 Å². The van der Waals surface area contributed by atoms with Crippen LogP contribution in [0.2, 0.25) is 0 Å². The lowest BCUT2D eigenvalue weighted by atomic mass is 9.76. The maximum absolute atomic E-state index is 14.6. The van der Waals surface area contributed by atoms with Crippen LogP contribution < -0.4 is 5.32 Å². The molecular weight excluding hydrogens is 527 g/mol. The summed E-state index contributed by atoms with van der Waals surface area (Å²) in [5.74, 6) is -41.7. The summed E-state index contributed by atoms with van der Waals surface area (Å²) in [5.41, 5.74) is -1.11. The molecule has 1 saturated carbocycles. The number of hydrogen-bond donors (Lipinski definition) is 1. The van der Waals surface area contributed by atoms with E-state index in [0.29, 0.717) is 5.32 Å². The largest absolute Gasteiger partial charge is 0.384 e. The van der Waals surface area contributed by atoms with E-state index in [1.165, 1.54) is 0 Å². The van der Waals surface area contributed by atoms with Gasteiger partial charge in [-0.05, 0) is 44.0 Å². The fraction of sp³-hybridized carbons (Fsp3) is 0.500. The van der Waals surface area contributed by atoms with Gasteiger partial charge in [-0.25, -0.2) is 4.39 Å². The van der Waals surface area contributed by atoms with Gasteiger partial charge in [0.25, 0.3) is 0 Å². The molecule has 26 heavy (non-hydrogen) atoms. The van der Waals surface area contributed by atoms with E-state index in [4.69, 9.17) is 0 Å². The molecule has 0 aromatic heterocycles. The van der Waals surface area contributed by atoms with Crippen LogP contribution in [0.4, 0.5) is 54.0 Å². The molecule has 0 amide bonds. The second kappa shape index (κ2) is 5.61. The second-order valence-electron chi connectivity index (χ2n) is 5.25. The third-order valence-corrected chi connectivity index (χ3v) is 5.02. The Balaban J connectivity index is 2.80. The number of nitrogens with one attached hydrogen (secondary N) is 1. The van der Waals surface area contributed by atoms with E-state index in [-0.39, 0.29) is 0 Å². The molecule has 0 spiro atoms. The highest BCUT2D eigenvalue weighted by Crippen LogP contribution is 2.69. The van der Waals surface area contributed by atoms with Gasteiger partial charge in [0.15, 0.2) is 0 Å². The zero-order chi connectivity index (χ0) is 20.6. The number of hydrogen-bond acceptors (Lipinski definition) is 1. The fourth-order valence-electron chi connectivity index (χ4n) is 2.17. The first-order valence-electron chi connectivity index (χ1n) is 6.20. The summed E-state index contributed by atoms with van der Waals surface area (Å²) in [7, 11) is 0. The van der Waals surface area contributed by atoms with Crippen molar-refractivity contribution >= 4 is 37.5 Å². The Morgan fingerprint density at radius 1 is 0.577 bits per heavy atom. The fourth-order valence-corrected chi connectivity index (χ4v) is 3.36. The molecular formula is C12H4Br2F11N. The van der Waals surface area contributed by atoms with Crippen LogP contribution in [-0.4, -0.2) is 35.4 Å². The zero-order valence-corrected chi connectivity index (χ0v) is 14.8. The van der Waals surface area contributed by atoms with Gasteiger partial charge in [-0.1, -0.05) is 6.07 Å². The number of anilines is 1. The van der Waals surface area contributed by atoms with Gasteiger partial charge in [-0.2, -0.15) is 43.9 Å². The van der Waals surface area contributed by atoms with Crippen LogP contribution in [0.25, 0.3) is 0 Å². The molecule has 1 aromatic carbocycles. The highest BCUT2D eigenvalue weighted by Gasteiger charge is 3.01. The predicted octanol–water partition coefficient (Wildman–Crippen LogP) is 6.48. The molecule has 1 N–H and O–H groups in total. The van der Waals surface area contributed by atoms with Crippen LogP contribution in [0.15, 0.2) is 27.1 Å². The number of benzene rings is 1. The van der Waals surface area contributed by atoms with Gasteiger partial charge in [0, 0.05) is 8.95 Å². The minimum Gasteiger partial charge on any atom is -0.341 e. The highest BCUT2D eigenvalue weighted by molar-refractivity contribution is 9.11. The van der Waals surface area contributed by atoms with Gasteiger partial charge in [-0.3, -0.25) is 0 Å². The summed E-state index contributed by atoms with van der Waals surface area (Å²) < 4.78 is 149. The molecule has 148 valence electrons. The van der Waals surface area contributed by atoms with Gasteiger partial charge in [0.2, 0.25) is 0 Å². The van der Waals surface area contributed by atoms with Crippen molar-refractivity contribution in [2.75, 3.05) is 5.32 Å². The van der Waals surface area contributed by atoms with Crippen molar-refractivity contribution < 1.29 is 48.3 Å². The molecule has 1 aromatic rings. The monoisotopic (exact) mass is 529 g/mol. The van der Waals surface area contributed by atoms with Crippen LogP contribution >= 0.6 is 31.9 Å². The van der Waals surface area contributed by atoms with Crippen molar-refractivity contribution in [2.45, 2.75) is 35.4 Å². The molecule has 0 atom stereocenters. The van der Waals surface area contributed by atoms with Gasteiger partial charge in [-0.15, -0.1) is 0 Å². The van der Waals surface area contributed by atoms with E-state index in [2.05, 4.69) is 31.9 Å². The zero-order valence-electron chi connectivity index (χ0n) is 11.6. The standard InChI is InChI=1S/C12H4Br2F11N/c13-4-2-1-3-5(14)6(4)26-12(25)10(21,22)8(17,18)7(15,16)9(19,20)11(12,23)24/h1-3,26H. The number of rotatable bonds is 2. The Kier molecular flexibility index (Phi) is 4.64. The second-order valence-corrected chi connectivity index (χ2v) is 6.96. The average molecular weight is 531 g/mol. The first-order chi connectivity index (χ1) is 11.4. The van der Waals surface area contributed by atoms with Gasteiger partial charge in [0.05, 0.1) is 5.69 Å². The summed E-state index contributed by atoms with van der Waals surface area (Å²) in [6.07, 6.45) is 0. The maximum Gasteiger partial charge on any atom is 0.384 e. The summed E-state index contributed by atoms with van der Waals surface area (Å²) in [6, 6.07) is 3.01. The lowest BCUT2D eigenvalue weighted by Crippen LogP contribution is -2.85. The van der Waals surface area contributed by atoms with Crippen LogP contribution in [0.5, 0.6) is 0 Å². The summed E-state index contributed by atoms with van der Waals surface area (Å²) in [6.45, 7) is 0.